The van der Waals surface area contributed by atoms with Crippen LogP contribution in [0.1, 0.15) is 39.5 Å². The molecule has 2 aliphatic rings. The lowest BCUT2D eigenvalue weighted by Gasteiger charge is -2.48. The number of nitriles is 1. The van der Waals surface area contributed by atoms with Gasteiger partial charge in [0.1, 0.15) is 5.78 Å². The van der Waals surface area contributed by atoms with E-state index in [9.17, 15) is 19.6 Å². The molecule has 0 amide bonds. The van der Waals surface area contributed by atoms with Crippen molar-refractivity contribution in [1.29, 1.82) is 5.26 Å². The molecule has 18 heavy (non-hydrogen) atoms. The van der Waals surface area contributed by atoms with Gasteiger partial charge < -0.3 is 0 Å². The first-order chi connectivity index (χ1) is 8.42. The van der Waals surface area contributed by atoms with Crippen LogP contribution in [0.25, 0.3) is 0 Å². The highest BCUT2D eigenvalue weighted by Crippen LogP contribution is 2.59. The van der Waals surface area contributed by atoms with Crippen LogP contribution < -0.4 is 0 Å². The molecule has 0 radical (unpaired) electrons. The number of nitrogens with zero attached hydrogens (tertiary/aromatic N) is 1. The maximum Gasteiger partial charge on any atom is 0.202 e. The van der Waals surface area contributed by atoms with Crippen LogP contribution in [0.3, 0.4) is 0 Å². The maximum absolute atomic E-state index is 12.1. The van der Waals surface area contributed by atoms with E-state index in [0.29, 0.717) is 32.0 Å². The molecule has 2 aliphatic carbocycles. The van der Waals surface area contributed by atoms with E-state index >= 15 is 0 Å². The molecule has 0 aromatic heterocycles. The van der Waals surface area contributed by atoms with Crippen LogP contribution in [0.5, 0.6) is 0 Å². The van der Waals surface area contributed by atoms with Crippen LogP contribution in [-0.2, 0) is 14.4 Å². The Bertz CT molecular complexity index is 464. The standard InChI is InChI=1S/C14H17NO3/c1-9-3-5-14(8-15)6-4-10(17)12(14)13(9,2)11(18)7-16/h7,9,12H,3-6H2,1-2H3/t9-,12+,13+,14+/m1/s1. The van der Waals surface area contributed by atoms with Crippen molar-refractivity contribution in [2.75, 3.05) is 0 Å². The Morgan fingerprint density at radius 3 is 2.72 bits per heavy atom. The molecule has 0 N–H and O–H groups in total. The average Bonchev–Trinajstić information content (AvgIpc) is 2.72. The van der Waals surface area contributed by atoms with Gasteiger partial charge in [0, 0.05) is 17.8 Å². The number of aldehydes is 1. The number of Topliss-reactive ketones (excluding diaryl/α,β-unsaturated/α-hetero) is 2. The Kier molecular flexibility index (Phi) is 2.89. The highest BCUT2D eigenvalue weighted by Gasteiger charge is 2.63. The summed E-state index contributed by atoms with van der Waals surface area (Å²) in [6.07, 6.45) is 2.57. The summed E-state index contributed by atoms with van der Waals surface area (Å²) in [5.74, 6) is -1.20. The number of carbonyl (C=O) groups excluding carboxylic acids is 3. The molecular weight excluding hydrogens is 230 g/mol. The first-order valence-corrected chi connectivity index (χ1v) is 6.36. The van der Waals surface area contributed by atoms with Gasteiger partial charge in [-0.15, -0.1) is 0 Å². The summed E-state index contributed by atoms with van der Waals surface area (Å²) in [6, 6.07) is 2.28. The molecule has 0 saturated heterocycles. The molecular formula is C14H17NO3. The van der Waals surface area contributed by atoms with Crippen molar-refractivity contribution in [2.24, 2.45) is 22.7 Å². The minimum Gasteiger partial charge on any atom is -0.299 e. The Labute approximate surface area is 106 Å². The third kappa shape index (κ3) is 1.40. The molecule has 2 rings (SSSR count). The van der Waals surface area contributed by atoms with E-state index in [4.69, 9.17) is 0 Å². The van der Waals surface area contributed by atoms with Crippen molar-refractivity contribution >= 4 is 17.9 Å². The molecule has 0 aromatic carbocycles. The number of carbonyl (C=O) groups is 3. The van der Waals surface area contributed by atoms with E-state index < -0.39 is 22.5 Å². The average molecular weight is 247 g/mol. The lowest BCUT2D eigenvalue weighted by atomic mass is 9.51. The van der Waals surface area contributed by atoms with E-state index in [-0.39, 0.29) is 11.7 Å². The van der Waals surface area contributed by atoms with Crippen molar-refractivity contribution in [2.45, 2.75) is 39.5 Å². The molecule has 0 bridgehead atoms. The third-order valence-electron chi connectivity index (χ3n) is 5.20. The summed E-state index contributed by atoms with van der Waals surface area (Å²) in [4.78, 5) is 35.0. The predicted molar refractivity (Wildman–Crippen MR) is 63.4 cm³/mol. The van der Waals surface area contributed by atoms with Crippen LogP contribution in [0.4, 0.5) is 0 Å². The number of ketones is 2. The summed E-state index contributed by atoms with van der Waals surface area (Å²) in [6.45, 7) is 3.59. The van der Waals surface area contributed by atoms with Crippen molar-refractivity contribution in [3.63, 3.8) is 0 Å². The lowest BCUT2D eigenvalue weighted by molar-refractivity contribution is -0.150. The number of hydrogen-bond donors (Lipinski definition) is 0. The summed E-state index contributed by atoms with van der Waals surface area (Å²) in [7, 11) is 0. The van der Waals surface area contributed by atoms with Gasteiger partial charge in [0.2, 0.25) is 5.78 Å². The Hall–Kier alpha value is -1.50. The second-order valence-corrected chi connectivity index (χ2v) is 5.87. The normalized spacial score (nSPS) is 43.1. The molecule has 0 spiro atoms. The van der Waals surface area contributed by atoms with E-state index in [1.807, 2.05) is 6.92 Å². The molecule has 4 nitrogen and oxygen atoms in total. The van der Waals surface area contributed by atoms with Gasteiger partial charge in [-0.25, -0.2) is 0 Å². The van der Waals surface area contributed by atoms with Crippen LogP contribution in [-0.4, -0.2) is 17.9 Å². The fourth-order valence-corrected chi connectivity index (χ4v) is 3.87. The van der Waals surface area contributed by atoms with Gasteiger partial charge in [0.25, 0.3) is 0 Å². The molecule has 96 valence electrons. The summed E-state index contributed by atoms with van der Waals surface area (Å²) in [5, 5.41) is 9.44. The van der Waals surface area contributed by atoms with Crippen molar-refractivity contribution in [3.8, 4) is 6.07 Å². The van der Waals surface area contributed by atoms with Gasteiger partial charge in [-0.1, -0.05) is 13.8 Å². The first-order valence-electron chi connectivity index (χ1n) is 6.36. The molecule has 2 saturated carbocycles. The van der Waals surface area contributed by atoms with Crippen molar-refractivity contribution < 1.29 is 14.4 Å². The van der Waals surface area contributed by atoms with Crippen LogP contribution in [0, 0.1) is 34.0 Å². The zero-order valence-electron chi connectivity index (χ0n) is 10.7. The zero-order chi connectivity index (χ0) is 13.6. The number of fused-ring (bicyclic) bond motifs is 1. The SMILES string of the molecule is C[C@@H]1CC[C@@]2(C#N)CCC(=O)[C@H]2[C@]1(C)C(=O)C=O. The quantitative estimate of drug-likeness (QED) is 0.549. The summed E-state index contributed by atoms with van der Waals surface area (Å²) >= 11 is 0. The summed E-state index contributed by atoms with van der Waals surface area (Å²) in [5.41, 5.74) is -1.72. The second-order valence-electron chi connectivity index (χ2n) is 5.87. The Morgan fingerprint density at radius 2 is 2.17 bits per heavy atom. The largest absolute Gasteiger partial charge is 0.299 e. The third-order valence-corrected chi connectivity index (χ3v) is 5.20. The second kappa shape index (κ2) is 4.01. The van der Waals surface area contributed by atoms with Crippen molar-refractivity contribution in [1.82, 2.24) is 0 Å². The van der Waals surface area contributed by atoms with Gasteiger partial charge in [-0.05, 0) is 25.2 Å². The molecule has 2 fully saturated rings. The molecule has 4 atom stereocenters. The van der Waals surface area contributed by atoms with Gasteiger partial charge >= 0.3 is 0 Å². The highest BCUT2D eigenvalue weighted by atomic mass is 16.2. The molecule has 0 heterocycles. The van der Waals surface area contributed by atoms with Gasteiger partial charge in [0.15, 0.2) is 6.29 Å². The molecule has 0 aliphatic heterocycles. The van der Waals surface area contributed by atoms with Crippen LogP contribution >= 0.6 is 0 Å². The number of hydrogen-bond acceptors (Lipinski definition) is 4. The fraction of sp³-hybridized carbons (Fsp3) is 0.714. The fourth-order valence-electron chi connectivity index (χ4n) is 3.87. The highest BCUT2D eigenvalue weighted by molar-refractivity contribution is 6.28. The summed E-state index contributed by atoms with van der Waals surface area (Å²) < 4.78 is 0. The maximum atomic E-state index is 12.1. The van der Waals surface area contributed by atoms with Crippen LogP contribution in [0.15, 0.2) is 0 Å². The minimum absolute atomic E-state index is 0.0270. The smallest absolute Gasteiger partial charge is 0.202 e. The van der Waals surface area contributed by atoms with Crippen LogP contribution in [0.2, 0.25) is 0 Å². The van der Waals surface area contributed by atoms with E-state index in [0.717, 1.165) is 0 Å². The van der Waals surface area contributed by atoms with Crippen molar-refractivity contribution in [3.05, 3.63) is 0 Å². The van der Waals surface area contributed by atoms with E-state index in [2.05, 4.69) is 6.07 Å². The Balaban J connectivity index is 2.56. The lowest BCUT2D eigenvalue weighted by Crippen LogP contribution is -2.53. The first kappa shape index (κ1) is 12.9. The zero-order valence-corrected chi connectivity index (χ0v) is 10.7. The van der Waals surface area contributed by atoms with Gasteiger partial charge in [-0.2, -0.15) is 5.26 Å². The van der Waals surface area contributed by atoms with E-state index in [1.54, 1.807) is 6.92 Å². The minimum atomic E-state index is -0.997. The molecule has 0 aromatic rings. The Morgan fingerprint density at radius 1 is 1.50 bits per heavy atom. The number of rotatable bonds is 2. The van der Waals surface area contributed by atoms with Gasteiger partial charge in [-0.3, -0.25) is 14.4 Å². The van der Waals surface area contributed by atoms with Gasteiger partial charge in [0.05, 0.1) is 11.5 Å². The van der Waals surface area contributed by atoms with E-state index in [1.165, 1.54) is 0 Å². The topological polar surface area (TPSA) is 75.0 Å². The molecule has 0 unspecified atom stereocenters. The predicted octanol–water partition coefficient (Wildman–Crippen LogP) is 1.68. The monoisotopic (exact) mass is 247 g/mol. The molecule has 4 heteroatoms.